The van der Waals surface area contributed by atoms with Crippen molar-refractivity contribution in [2.24, 2.45) is 5.73 Å². The van der Waals surface area contributed by atoms with Gasteiger partial charge in [0.15, 0.2) is 5.82 Å². The molecule has 31 heavy (non-hydrogen) atoms. The monoisotopic (exact) mass is 453 g/mol. The molecule has 0 spiro atoms. The van der Waals surface area contributed by atoms with E-state index in [-0.39, 0.29) is 18.2 Å². The third-order valence-electron chi connectivity index (χ3n) is 5.04. The molecule has 166 valence electrons. The number of rotatable bonds is 7. The lowest BCUT2D eigenvalue weighted by molar-refractivity contribution is -0.119. The summed E-state index contributed by atoms with van der Waals surface area (Å²) in [5.74, 6) is 0.679. The fourth-order valence-corrected chi connectivity index (χ4v) is 4.50. The minimum atomic E-state index is -2.66. The zero-order valence-corrected chi connectivity index (χ0v) is 17.4. The highest BCUT2D eigenvalue weighted by Gasteiger charge is 2.40. The molecule has 12 heteroatoms. The van der Waals surface area contributed by atoms with Crippen LogP contribution in [0.3, 0.4) is 0 Å². The summed E-state index contributed by atoms with van der Waals surface area (Å²) in [5.41, 5.74) is 6.63. The lowest BCUT2D eigenvalue weighted by Crippen LogP contribution is -2.39. The summed E-state index contributed by atoms with van der Waals surface area (Å²) >= 11 is 0.863. The zero-order valence-electron chi connectivity index (χ0n) is 16.6. The Labute approximate surface area is 180 Å². The normalized spacial score (nSPS) is 18.9. The second-order valence-corrected chi connectivity index (χ2v) is 8.05. The number of benzene rings is 1. The van der Waals surface area contributed by atoms with Gasteiger partial charge in [-0.05, 0) is 12.1 Å². The number of halogens is 2. The molecule has 2 aromatic rings. The number of aromatic nitrogens is 2. The minimum absolute atomic E-state index is 0.0237. The number of anilines is 2. The van der Waals surface area contributed by atoms with Gasteiger partial charge in [0.05, 0.1) is 18.7 Å². The van der Waals surface area contributed by atoms with E-state index in [4.69, 9.17) is 15.2 Å². The van der Waals surface area contributed by atoms with Gasteiger partial charge in [-0.3, -0.25) is 14.5 Å². The van der Waals surface area contributed by atoms with Crippen LogP contribution in [0.25, 0.3) is 11.4 Å². The number of nitrogens with two attached hydrogens (primary N) is 1. The smallest absolute Gasteiger partial charge is 0.287 e. The number of carbonyl (C=O) groups excluding carboxylic acids is 2. The second kappa shape index (κ2) is 8.71. The van der Waals surface area contributed by atoms with E-state index in [0.29, 0.717) is 36.0 Å². The number of amides is 2. The molecule has 0 saturated carbocycles. The van der Waals surface area contributed by atoms with E-state index in [1.807, 2.05) is 0 Å². The number of ether oxygens (including phenoxy) is 2. The van der Waals surface area contributed by atoms with Crippen molar-refractivity contribution in [2.45, 2.75) is 25.1 Å². The fraction of sp³-hybridized carbons (Fsp3) is 0.421. The van der Waals surface area contributed by atoms with E-state index < -0.39 is 29.7 Å². The number of nitrogens with one attached hydrogen (secondary N) is 1. The first-order valence-electron chi connectivity index (χ1n) is 9.52. The van der Waals surface area contributed by atoms with Gasteiger partial charge in [0.25, 0.3) is 11.7 Å². The molecule has 0 bridgehead atoms. The summed E-state index contributed by atoms with van der Waals surface area (Å²) in [6.45, 7) is 0.855. The minimum Gasteiger partial charge on any atom is -0.491 e. The van der Waals surface area contributed by atoms with Gasteiger partial charge in [-0.25, -0.2) is 13.8 Å². The molecule has 0 radical (unpaired) electrons. The largest absolute Gasteiger partial charge is 0.491 e. The van der Waals surface area contributed by atoms with Gasteiger partial charge < -0.3 is 25.1 Å². The quantitative estimate of drug-likeness (QED) is 0.661. The number of methoxy groups -OCH3 is 1. The SMILES string of the molecule is COC[C@H](Nc1ccc2c(c1)OCCn1cc(N3C(=O)SCC3C(F)F)nc1-2)C(N)=O. The lowest BCUT2D eigenvalue weighted by Gasteiger charge is -2.20. The highest BCUT2D eigenvalue weighted by molar-refractivity contribution is 8.14. The average molecular weight is 453 g/mol. The Kier molecular flexibility index (Phi) is 6.01. The molecule has 9 nitrogen and oxygen atoms in total. The first-order valence-corrected chi connectivity index (χ1v) is 10.5. The maximum Gasteiger partial charge on any atom is 0.287 e. The predicted molar refractivity (Wildman–Crippen MR) is 112 cm³/mol. The summed E-state index contributed by atoms with van der Waals surface area (Å²) in [6.07, 6.45) is -1.06. The van der Waals surface area contributed by atoms with Crippen molar-refractivity contribution in [1.82, 2.24) is 9.55 Å². The molecule has 1 aromatic carbocycles. The second-order valence-electron chi connectivity index (χ2n) is 7.08. The van der Waals surface area contributed by atoms with Gasteiger partial charge in [-0.1, -0.05) is 11.8 Å². The van der Waals surface area contributed by atoms with Crippen LogP contribution in [0.15, 0.2) is 24.4 Å². The number of hydrogen-bond donors (Lipinski definition) is 2. The van der Waals surface area contributed by atoms with Crippen molar-refractivity contribution in [2.75, 3.05) is 36.3 Å². The molecule has 2 amide bonds. The number of thioether (sulfide) groups is 1. The van der Waals surface area contributed by atoms with Crippen molar-refractivity contribution in [1.29, 1.82) is 0 Å². The van der Waals surface area contributed by atoms with Crippen molar-refractivity contribution >= 4 is 34.4 Å². The third-order valence-corrected chi connectivity index (χ3v) is 5.99. The van der Waals surface area contributed by atoms with Gasteiger partial charge in [0.1, 0.15) is 30.3 Å². The molecular formula is C19H21F2N5O4S. The highest BCUT2D eigenvalue weighted by Crippen LogP contribution is 2.38. The Bertz CT molecular complexity index is 1000. The fourth-order valence-electron chi connectivity index (χ4n) is 3.52. The molecule has 2 aliphatic rings. The van der Waals surface area contributed by atoms with Crippen LogP contribution in [-0.2, 0) is 16.1 Å². The summed E-state index contributed by atoms with van der Waals surface area (Å²) in [7, 11) is 1.47. The molecule has 2 atom stereocenters. The molecule has 1 aromatic heterocycles. The van der Waals surface area contributed by atoms with Crippen LogP contribution < -0.4 is 20.7 Å². The van der Waals surface area contributed by atoms with Crippen LogP contribution >= 0.6 is 11.8 Å². The third kappa shape index (κ3) is 4.17. The number of fused-ring (bicyclic) bond motifs is 3. The molecule has 1 fully saturated rings. The van der Waals surface area contributed by atoms with Crippen LogP contribution in [0.1, 0.15) is 0 Å². The van der Waals surface area contributed by atoms with Gasteiger partial charge in [-0.2, -0.15) is 0 Å². The Hall–Kier alpha value is -2.86. The van der Waals surface area contributed by atoms with E-state index in [0.717, 1.165) is 16.7 Å². The van der Waals surface area contributed by atoms with Crippen molar-refractivity contribution in [3.63, 3.8) is 0 Å². The molecule has 1 unspecified atom stereocenters. The Balaban J connectivity index is 1.65. The van der Waals surface area contributed by atoms with E-state index in [1.54, 1.807) is 29.0 Å². The van der Waals surface area contributed by atoms with Crippen molar-refractivity contribution in [3.8, 4) is 17.1 Å². The standard InChI is InChI=1S/C19H21F2N5O4S/c1-29-8-12(17(22)27)23-10-2-3-11-14(6-10)30-5-4-25-7-15(24-18(11)25)26-13(16(20)21)9-31-19(26)28/h2-3,6-7,12-13,16,23H,4-5,8-9H2,1H3,(H2,22,27)/t12-,13?/m0/s1. The maximum absolute atomic E-state index is 13.4. The van der Waals surface area contributed by atoms with Crippen LogP contribution in [-0.4, -0.2) is 65.3 Å². The predicted octanol–water partition coefficient (Wildman–Crippen LogP) is 2.16. The van der Waals surface area contributed by atoms with Crippen LogP contribution in [0.4, 0.5) is 25.1 Å². The number of primary amides is 1. The summed E-state index contributed by atoms with van der Waals surface area (Å²) < 4.78 is 39.4. The number of alkyl halides is 2. The number of imidazole rings is 1. The first-order chi connectivity index (χ1) is 14.9. The Morgan fingerprint density at radius 1 is 1.48 bits per heavy atom. The van der Waals surface area contributed by atoms with Crippen molar-refractivity contribution in [3.05, 3.63) is 24.4 Å². The number of nitrogens with zero attached hydrogens (tertiary/aromatic N) is 3. The lowest BCUT2D eigenvalue weighted by atomic mass is 10.1. The van der Waals surface area contributed by atoms with Gasteiger partial charge in [0, 0.05) is 30.8 Å². The maximum atomic E-state index is 13.4. The van der Waals surface area contributed by atoms with Crippen molar-refractivity contribution < 1.29 is 27.8 Å². The number of carbonyl (C=O) groups is 2. The summed E-state index contributed by atoms with van der Waals surface area (Å²) in [5, 5.41) is 2.56. The van der Waals surface area contributed by atoms with Crippen LogP contribution in [0, 0.1) is 0 Å². The first kappa shape index (κ1) is 21.4. The molecule has 4 rings (SSSR count). The van der Waals surface area contributed by atoms with Crippen LogP contribution in [0.2, 0.25) is 0 Å². The molecule has 3 heterocycles. The van der Waals surface area contributed by atoms with E-state index in [9.17, 15) is 18.4 Å². The molecule has 1 saturated heterocycles. The molecule has 0 aliphatic carbocycles. The van der Waals surface area contributed by atoms with E-state index >= 15 is 0 Å². The number of hydrogen-bond acceptors (Lipinski definition) is 7. The van der Waals surface area contributed by atoms with Gasteiger partial charge in [-0.15, -0.1) is 0 Å². The van der Waals surface area contributed by atoms with E-state index in [2.05, 4.69) is 10.3 Å². The van der Waals surface area contributed by atoms with Crippen LogP contribution in [0.5, 0.6) is 5.75 Å². The molecule has 3 N–H and O–H groups in total. The zero-order chi connectivity index (χ0) is 22.1. The summed E-state index contributed by atoms with van der Waals surface area (Å²) in [6, 6.07) is 3.28. The molecule has 2 aliphatic heterocycles. The van der Waals surface area contributed by atoms with E-state index in [1.165, 1.54) is 7.11 Å². The average Bonchev–Trinajstić information content (AvgIpc) is 3.27. The van der Waals surface area contributed by atoms with Gasteiger partial charge in [0.2, 0.25) is 5.91 Å². The highest BCUT2D eigenvalue weighted by atomic mass is 32.2. The summed E-state index contributed by atoms with van der Waals surface area (Å²) in [4.78, 5) is 29.3. The Morgan fingerprint density at radius 3 is 3.00 bits per heavy atom. The van der Waals surface area contributed by atoms with Gasteiger partial charge >= 0.3 is 0 Å². The molecular weight excluding hydrogens is 432 g/mol. The Morgan fingerprint density at radius 2 is 2.29 bits per heavy atom. The topological polar surface area (TPSA) is 112 Å².